The molecule has 2 aromatic carbocycles. The van der Waals surface area contributed by atoms with Gasteiger partial charge in [0.05, 0.1) is 27.0 Å². The van der Waals surface area contributed by atoms with Gasteiger partial charge < -0.3 is 9.47 Å². The Morgan fingerprint density at radius 3 is 2.29 bits per heavy atom. The first-order valence-electron chi connectivity index (χ1n) is 7.55. The second kappa shape index (κ2) is 7.00. The van der Waals surface area contributed by atoms with E-state index in [-0.39, 0.29) is 11.3 Å². The number of hydrogen-bond acceptors (Lipinski definition) is 4. The van der Waals surface area contributed by atoms with Crippen LogP contribution in [-0.4, -0.2) is 24.0 Å². The van der Waals surface area contributed by atoms with Gasteiger partial charge in [-0.05, 0) is 23.3 Å². The summed E-state index contributed by atoms with van der Waals surface area (Å²) in [4.78, 5) is 12.7. The normalized spacial score (nSPS) is 10.4. The Bertz CT molecular complexity index is 871. The van der Waals surface area contributed by atoms with Crippen molar-refractivity contribution < 1.29 is 9.47 Å². The number of ether oxygens (including phenoxy) is 2. The van der Waals surface area contributed by atoms with Crippen LogP contribution in [0.25, 0.3) is 11.1 Å². The molecule has 0 fully saturated rings. The van der Waals surface area contributed by atoms with Gasteiger partial charge in [-0.25, -0.2) is 4.68 Å². The number of methoxy groups -OCH3 is 2. The summed E-state index contributed by atoms with van der Waals surface area (Å²) in [6.07, 6.45) is 1.66. The largest absolute Gasteiger partial charge is 0.497 e. The van der Waals surface area contributed by atoms with Gasteiger partial charge in [0.25, 0.3) is 0 Å². The fourth-order valence-electron chi connectivity index (χ4n) is 2.51. The van der Waals surface area contributed by atoms with Gasteiger partial charge in [0.15, 0.2) is 5.75 Å². The SMILES string of the molecule is COc1ccc(-c2cnn(Cc3ccccc3)c(=O)c2OC)cc1. The van der Waals surface area contributed by atoms with Crippen molar-refractivity contribution in [3.63, 3.8) is 0 Å². The van der Waals surface area contributed by atoms with Gasteiger partial charge in [-0.3, -0.25) is 4.79 Å². The lowest BCUT2D eigenvalue weighted by Crippen LogP contribution is -2.25. The minimum absolute atomic E-state index is 0.255. The van der Waals surface area contributed by atoms with Crippen molar-refractivity contribution in [2.75, 3.05) is 14.2 Å². The van der Waals surface area contributed by atoms with Crippen LogP contribution >= 0.6 is 0 Å². The Labute approximate surface area is 140 Å². The van der Waals surface area contributed by atoms with E-state index in [2.05, 4.69) is 5.10 Å². The molecule has 0 bridgehead atoms. The van der Waals surface area contributed by atoms with Crippen LogP contribution in [0.15, 0.2) is 65.6 Å². The average molecular weight is 322 g/mol. The van der Waals surface area contributed by atoms with Gasteiger partial charge in [-0.15, -0.1) is 0 Å². The molecule has 0 radical (unpaired) electrons. The zero-order valence-corrected chi connectivity index (χ0v) is 13.6. The predicted molar refractivity (Wildman–Crippen MR) is 92.6 cm³/mol. The maximum Gasteiger partial charge on any atom is 0.310 e. The van der Waals surface area contributed by atoms with Crippen LogP contribution in [0.2, 0.25) is 0 Å². The minimum atomic E-state index is -0.255. The monoisotopic (exact) mass is 322 g/mol. The number of nitrogens with zero attached hydrogens (tertiary/aromatic N) is 2. The highest BCUT2D eigenvalue weighted by atomic mass is 16.5. The summed E-state index contributed by atoms with van der Waals surface area (Å²) in [6.45, 7) is 0.402. The molecule has 3 rings (SSSR count). The lowest BCUT2D eigenvalue weighted by atomic mass is 10.1. The Morgan fingerprint density at radius 1 is 0.958 bits per heavy atom. The quantitative estimate of drug-likeness (QED) is 0.725. The van der Waals surface area contributed by atoms with E-state index in [0.29, 0.717) is 12.1 Å². The van der Waals surface area contributed by atoms with Crippen molar-refractivity contribution in [1.29, 1.82) is 0 Å². The first-order valence-corrected chi connectivity index (χ1v) is 7.55. The third kappa shape index (κ3) is 3.15. The van der Waals surface area contributed by atoms with Gasteiger partial charge in [-0.2, -0.15) is 5.10 Å². The van der Waals surface area contributed by atoms with E-state index in [1.165, 1.54) is 11.8 Å². The molecule has 0 N–H and O–H groups in total. The van der Waals surface area contributed by atoms with E-state index in [1.54, 1.807) is 13.3 Å². The molecule has 3 aromatic rings. The zero-order valence-electron chi connectivity index (χ0n) is 13.6. The van der Waals surface area contributed by atoms with Crippen molar-refractivity contribution >= 4 is 0 Å². The third-order valence-electron chi connectivity index (χ3n) is 3.78. The molecule has 0 amide bonds. The number of aromatic nitrogens is 2. The summed E-state index contributed by atoms with van der Waals surface area (Å²) in [7, 11) is 3.11. The van der Waals surface area contributed by atoms with E-state index in [4.69, 9.17) is 9.47 Å². The Balaban J connectivity index is 2.00. The van der Waals surface area contributed by atoms with E-state index < -0.39 is 0 Å². The second-order valence-corrected chi connectivity index (χ2v) is 5.27. The summed E-state index contributed by atoms with van der Waals surface area (Å²) < 4.78 is 11.9. The first-order chi connectivity index (χ1) is 11.7. The number of rotatable bonds is 5. The smallest absolute Gasteiger partial charge is 0.310 e. The molecule has 122 valence electrons. The molecule has 0 atom stereocenters. The molecule has 1 heterocycles. The molecule has 0 spiro atoms. The number of benzene rings is 2. The summed E-state index contributed by atoms with van der Waals surface area (Å²) in [5, 5.41) is 4.29. The Morgan fingerprint density at radius 2 is 1.67 bits per heavy atom. The van der Waals surface area contributed by atoms with Crippen molar-refractivity contribution in [3.8, 4) is 22.6 Å². The molecular formula is C19H18N2O3. The molecule has 24 heavy (non-hydrogen) atoms. The first kappa shape index (κ1) is 15.8. The van der Waals surface area contributed by atoms with Crippen molar-refractivity contribution in [3.05, 3.63) is 76.7 Å². The fourth-order valence-corrected chi connectivity index (χ4v) is 2.51. The highest BCUT2D eigenvalue weighted by Crippen LogP contribution is 2.27. The molecular weight excluding hydrogens is 304 g/mol. The van der Waals surface area contributed by atoms with Crippen LogP contribution in [0.4, 0.5) is 0 Å². The van der Waals surface area contributed by atoms with Crippen molar-refractivity contribution in [2.45, 2.75) is 6.54 Å². The molecule has 1 aromatic heterocycles. The van der Waals surface area contributed by atoms with Gasteiger partial charge in [0, 0.05) is 5.56 Å². The van der Waals surface area contributed by atoms with Crippen molar-refractivity contribution in [2.24, 2.45) is 0 Å². The highest BCUT2D eigenvalue weighted by molar-refractivity contribution is 5.69. The molecule has 0 aliphatic heterocycles. The van der Waals surface area contributed by atoms with Crippen LogP contribution < -0.4 is 15.0 Å². The minimum Gasteiger partial charge on any atom is -0.497 e. The highest BCUT2D eigenvalue weighted by Gasteiger charge is 2.14. The summed E-state index contributed by atoms with van der Waals surface area (Å²) >= 11 is 0. The Hall–Kier alpha value is -3.08. The van der Waals surface area contributed by atoms with Gasteiger partial charge >= 0.3 is 5.56 Å². The molecule has 0 saturated carbocycles. The third-order valence-corrected chi connectivity index (χ3v) is 3.78. The summed E-state index contributed by atoms with van der Waals surface area (Å²) in [5.74, 6) is 1.04. The number of hydrogen-bond donors (Lipinski definition) is 0. The average Bonchev–Trinajstić information content (AvgIpc) is 2.64. The van der Waals surface area contributed by atoms with Gasteiger partial charge in [0.1, 0.15) is 5.75 Å². The maximum atomic E-state index is 12.7. The van der Waals surface area contributed by atoms with Crippen molar-refractivity contribution in [1.82, 2.24) is 9.78 Å². The van der Waals surface area contributed by atoms with Crippen LogP contribution in [0.5, 0.6) is 11.5 Å². The standard InChI is InChI=1S/C19H18N2O3/c1-23-16-10-8-15(9-11-16)17-12-20-21(19(22)18(17)24-2)13-14-6-4-3-5-7-14/h3-12H,13H2,1-2H3. The molecule has 0 aliphatic rings. The van der Waals surface area contributed by atoms with Crippen LogP contribution in [0.3, 0.4) is 0 Å². The topological polar surface area (TPSA) is 53.4 Å². The summed E-state index contributed by atoms with van der Waals surface area (Å²) in [6, 6.07) is 17.1. The lowest BCUT2D eigenvalue weighted by molar-refractivity contribution is 0.400. The molecule has 0 aliphatic carbocycles. The Kier molecular flexibility index (Phi) is 4.61. The molecule has 0 unspecified atom stereocenters. The van der Waals surface area contributed by atoms with Crippen LogP contribution in [-0.2, 0) is 6.54 Å². The van der Waals surface area contributed by atoms with E-state index in [0.717, 1.165) is 16.9 Å². The van der Waals surface area contributed by atoms with Crippen LogP contribution in [0, 0.1) is 0 Å². The van der Waals surface area contributed by atoms with Gasteiger partial charge in [-0.1, -0.05) is 42.5 Å². The van der Waals surface area contributed by atoms with Crippen LogP contribution in [0.1, 0.15) is 5.56 Å². The molecule has 0 saturated heterocycles. The zero-order chi connectivity index (χ0) is 16.9. The van der Waals surface area contributed by atoms with E-state index in [9.17, 15) is 4.79 Å². The molecule has 5 nitrogen and oxygen atoms in total. The molecule has 5 heteroatoms. The predicted octanol–water partition coefficient (Wildman–Crippen LogP) is 2.98. The van der Waals surface area contributed by atoms with E-state index >= 15 is 0 Å². The van der Waals surface area contributed by atoms with Gasteiger partial charge in [0.2, 0.25) is 0 Å². The van der Waals surface area contributed by atoms with E-state index in [1.807, 2.05) is 54.6 Å². The second-order valence-electron chi connectivity index (χ2n) is 5.27. The fraction of sp³-hybridized carbons (Fsp3) is 0.158. The lowest BCUT2D eigenvalue weighted by Gasteiger charge is -2.11. The maximum absolute atomic E-state index is 12.7. The summed E-state index contributed by atoms with van der Waals surface area (Å²) in [5.41, 5.74) is 2.26.